The minimum atomic E-state index is 0.0443. The van der Waals surface area contributed by atoms with E-state index in [2.05, 4.69) is 12.2 Å². The van der Waals surface area contributed by atoms with E-state index in [1.807, 2.05) is 4.90 Å². The summed E-state index contributed by atoms with van der Waals surface area (Å²) < 4.78 is 5.33. The summed E-state index contributed by atoms with van der Waals surface area (Å²) in [5.41, 5.74) is 0. The van der Waals surface area contributed by atoms with Crippen LogP contribution in [0.4, 0.5) is 0 Å². The van der Waals surface area contributed by atoms with Gasteiger partial charge in [0.25, 0.3) is 0 Å². The number of methoxy groups -OCH3 is 1. The Labute approximate surface area is 104 Å². The maximum Gasteiger partial charge on any atom is 0.239 e. The van der Waals surface area contributed by atoms with Crippen LogP contribution in [0.2, 0.25) is 0 Å². The predicted octanol–water partition coefficient (Wildman–Crippen LogP) is 1.01. The predicted molar refractivity (Wildman–Crippen MR) is 66.8 cm³/mol. The molecule has 2 heterocycles. The van der Waals surface area contributed by atoms with Crippen LogP contribution >= 0.6 is 0 Å². The first-order chi connectivity index (χ1) is 8.22. The van der Waals surface area contributed by atoms with Gasteiger partial charge in [-0.1, -0.05) is 6.92 Å². The van der Waals surface area contributed by atoms with E-state index < -0.39 is 0 Å². The molecule has 0 aliphatic carbocycles. The Balaban J connectivity index is 1.87. The van der Waals surface area contributed by atoms with Crippen molar-refractivity contribution in [3.8, 4) is 0 Å². The summed E-state index contributed by atoms with van der Waals surface area (Å²) in [6.07, 6.45) is 4.65. The van der Waals surface area contributed by atoms with E-state index >= 15 is 0 Å². The van der Waals surface area contributed by atoms with Crippen LogP contribution in [0.15, 0.2) is 0 Å². The third kappa shape index (κ3) is 2.99. The fraction of sp³-hybridized carbons (Fsp3) is 0.923. The number of hydrogen-bond donors (Lipinski definition) is 1. The lowest BCUT2D eigenvalue weighted by Gasteiger charge is -2.37. The molecule has 2 saturated heterocycles. The van der Waals surface area contributed by atoms with E-state index in [0.29, 0.717) is 17.9 Å². The molecule has 98 valence electrons. The van der Waals surface area contributed by atoms with Crippen LogP contribution < -0.4 is 5.32 Å². The van der Waals surface area contributed by atoms with Gasteiger partial charge in [-0.25, -0.2) is 0 Å². The Bertz CT molecular complexity index is 262. The van der Waals surface area contributed by atoms with Gasteiger partial charge in [0.1, 0.15) is 0 Å². The summed E-state index contributed by atoms with van der Waals surface area (Å²) in [4.78, 5) is 14.4. The number of likely N-dealkylation sites (tertiary alicyclic amines) is 1. The van der Waals surface area contributed by atoms with E-state index in [-0.39, 0.29) is 6.04 Å². The van der Waals surface area contributed by atoms with Gasteiger partial charge in [-0.15, -0.1) is 0 Å². The summed E-state index contributed by atoms with van der Waals surface area (Å²) in [6, 6.07) is 0.0443. The maximum absolute atomic E-state index is 12.4. The molecular formula is C13H24N2O2. The Hall–Kier alpha value is -0.610. The molecule has 2 aliphatic rings. The highest BCUT2D eigenvalue weighted by atomic mass is 16.5. The Morgan fingerprint density at radius 3 is 2.59 bits per heavy atom. The average molecular weight is 240 g/mol. The molecule has 1 amide bonds. The van der Waals surface area contributed by atoms with Crippen molar-refractivity contribution in [3.63, 3.8) is 0 Å². The summed E-state index contributed by atoms with van der Waals surface area (Å²) in [6.45, 7) is 4.86. The minimum absolute atomic E-state index is 0.0443. The van der Waals surface area contributed by atoms with E-state index in [9.17, 15) is 4.79 Å². The van der Waals surface area contributed by atoms with Crippen molar-refractivity contribution in [1.29, 1.82) is 0 Å². The van der Waals surface area contributed by atoms with Crippen LogP contribution in [0.25, 0.3) is 0 Å². The minimum Gasteiger partial charge on any atom is -0.381 e. The molecule has 0 aromatic rings. The maximum atomic E-state index is 12.4. The summed E-state index contributed by atoms with van der Waals surface area (Å²) in [5.74, 6) is 0.767. The van der Waals surface area contributed by atoms with Crippen molar-refractivity contribution in [3.05, 3.63) is 0 Å². The highest BCUT2D eigenvalue weighted by Crippen LogP contribution is 2.20. The third-order valence-electron chi connectivity index (χ3n) is 4.12. The SMILES string of the molecule is COC1CCN(C(=O)C2NCCCC2C)CC1. The van der Waals surface area contributed by atoms with Crippen LogP contribution in [0.1, 0.15) is 32.6 Å². The Morgan fingerprint density at radius 1 is 1.29 bits per heavy atom. The van der Waals surface area contributed by atoms with Gasteiger partial charge in [0.05, 0.1) is 12.1 Å². The zero-order chi connectivity index (χ0) is 12.3. The molecule has 2 atom stereocenters. The number of piperidine rings is 2. The van der Waals surface area contributed by atoms with Crippen LogP contribution in [0.3, 0.4) is 0 Å². The number of amides is 1. The summed E-state index contributed by atoms with van der Waals surface area (Å²) >= 11 is 0. The van der Waals surface area contributed by atoms with E-state index in [4.69, 9.17) is 4.74 Å². The Morgan fingerprint density at radius 2 is 2.00 bits per heavy atom. The third-order valence-corrected chi connectivity index (χ3v) is 4.12. The van der Waals surface area contributed by atoms with Crippen molar-refractivity contribution in [2.75, 3.05) is 26.7 Å². The number of rotatable bonds is 2. The quantitative estimate of drug-likeness (QED) is 0.783. The molecule has 0 bridgehead atoms. The monoisotopic (exact) mass is 240 g/mol. The highest BCUT2D eigenvalue weighted by Gasteiger charge is 2.32. The van der Waals surface area contributed by atoms with Gasteiger partial charge in [-0.2, -0.15) is 0 Å². The molecule has 4 nitrogen and oxygen atoms in total. The number of nitrogens with zero attached hydrogens (tertiary/aromatic N) is 1. The van der Waals surface area contributed by atoms with Crippen molar-refractivity contribution >= 4 is 5.91 Å². The first-order valence-corrected chi connectivity index (χ1v) is 6.77. The van der Waals surface area contributed by atoms with Crippen LogP contribution in [0, 0.1) is 5.92 Å². The van der Waals surface area contributed by atoms with Crippen molar-refractivity contribution in [1.82, 2.24) is 10.2 Å². The lowest BCUT2D eigenvalue weighted by atomic mass is 9.91. The molecule has 2 aliphatic heterocycles. The lowest BCUT2D eigenvalue weighted by Crippen LogP contribution is -2.54. The van der Waals surface area contributed by atoms with Gasteiger partial charge in [0, 0.05) is 20.2 Å². The van der Waals surface area contributed by atoms with Gasteiger partial charge in [-0.3, -0.25) is 4.79 Å². The molecule has 4 heteroatoms. The van der Waals surface area contributed by atoms with Crippen LogP contribution in [-0.4, -0.2) is 49.7 Å². The zero-order valence-electron chi connectivity index (χ0n) is 10.9. The number of carbonyl (C=O) groups excluding carboxylic acids is 1. The molecular weight excluding hydrogens is 216 g/mol. The van der Waals surface area contributed by atoms with E-state index in [0.717, 1.165) is 38.9 Å². The summed E-state index contributed by atoms with van der Waals surface area (Å²) in [5, 5.41) is 3.37. The van der Waals surface area contributed by atoms with E-state index in [1.54, 1.807) is 7.11 Å². The Kier molecular flexibility index (Phi) is 4.40. The fourth-order valence-electron chi connectivity index (χ4n) is 2.89. The number of nitrogens with one attached hydrogen (secondary N) is 1. The number of carbonyl (C=O) groups is 1. The molecule has 17 heavy (non-hydrogen) atoms. The zero-order valence-corrected chi connectivity index (χ0v) is 10.9. The molecule has 2 rings (SSSR count). The van der Waals surface area contributed by atoms with Crippen molar-refractivity contribution in [2.45, 2.75) is 44.8 Å². The molecule has 0 radical (unpaired) electrons. The molecule has 0 saturated carbocycles. The van der Waals surface area contributed by atoms with Gasteiger partial charge in [0.15, 0.2) is 0 Å². The summed E-state index contributed by atoms with van der Waals surface area (Å²) in [7, 11) is 1.76. The van der Waals surface area contributed by atoms with E-state index in [1.165, 1.54) is 6.42 Å². The topological polar surface area (TPSA) is 41.6 Å². The first-order valence-electron chi connectivity index (χ1n) is 6.77. The molecule has 0 aromatic carbocycles. The lowest BCUT2D eigenvalue weighted by molar-refractivity contribution is -0.137. The first kappa shape index (κ1) is 12.8. The molecule has 0 spiro atoms. The second-order valence-electron chi connectivity index (χ2n) is 5.31. The molecule has 2 fully saturated rings. The molecule has 2 unspecified atom stereocenters. The van der Waals surface area contributed by atoms with Crippen LogP contribution in [0.5, 0.6) is 0 Å². The second-order valence-corrected chi connectivity index (χ2v) is 5.31. The van der Waals surface area contributed by atoms with Crippen molar-refractivity contribution < 1.29 is 9.53 Å². The fourth-order valence-corrected chi connectivity index (χ4v) is 2.89. The largest absolute Gasteiger partial charge is 0.381 e. The normalized spacial score (nSPS) is 31.5. The molecule has 0 aromatic heterocycles. The van der Waals surface area contributed by atoms with Crippen LogP contribution in [-0.2, 0) is 9.53 Å². The highest BCUT2D eigenvalue weighted by molar-refractivity contribution is 5.82. The molecule has 1 N–H and O–H groups in total. The number of ether oxygens (including phenoxy) is 1. The number of hydrogen-bond acceptors (Lipinski definition) is 3. The second kappa shape index (κ2) is 5.83. The average Bonchev–Trinajstić information content (AvgIpc) is 2.39. The van der Waals surface area contributed by atoms with Crippen molar-refractivity contribution in [2.24, 2.45) is 5.92 Å². The van der Waals surface area contributed by atoms with Gasteiger partial charge < -0.3 is 15.0 Å². The van der Waals surface area contributed by atoms with Gasteiger partial charge in [0.2, 0.25) is 5.91 Å². The van der Waals surface area contributed by atoms with Gasteiger partial charge >= 0.3 is 0 Å². The van der Waals surface area contributed by atoms with Gasteiger partial charge in [-0.05, 0) is 38.1 Å². The standard InChI is InChI=1S/C13H24N2O2/c1-10-4-3-7-14-12(10)13(16)15-8-5-11(17-2)6-9-15/h10-12,14H,3-9H2,1-2H3. The smallest absolute Gasteiger partial charge is 0.239 e.